The van der Waals surface area contributed by atoms with Crippen LogP contribution in [0.25, 0.3) is 0 Å². The van der Waals surface area contributed by atoms with Crippen molar-refractivity contribution >= 4 is 11.9 Å². The van der Waals surface area contributed by atoms with Crippen molar-refractivity contribution in [2.24, 2.45) is 0 Å². The molecule has 0 aliphatic heterocycles. The highest BCUT2D eigenvalue weighted by molar-refractivity contribution is 5.92. The number of rotatable bonds is 6. The minimum absolute atomic E-state index is 0.222. The second-order valence-electron chi connectivity index (χ2n) is 4.61. The zero-order valence-corrected chi connectivity index (χ0v) is 12.0. The molecule has 0 aliphatic rings. The van der Waals surface area contributed by atoms with Gasteiger partial charge in [0.15, 0.2) is 0 Å². The van der Waals surface area contributed by atoms with Crippen molar-refractivity contribution in [1.82, 2.24) is 15.3 Å². The molecule has 0 radical (unpaired) electrons. The van der Waals surface area contributed by atoms with E-state index in [0.29, 0.717) is 24.7 Å². The van der Waals surface area contributed by atoms with Gasteiger partial charge in [-0.05, 0) is 18.6 Å². The summed E-state index contributed by atoms with van der Waals surface area (Å²) in [5.74, 6) is 0.193. The second kappa shape index (κ2) is 7.19. The standard InChI is InChI=1S/C16H18N4O/c1-3-8-17-16-18-9-7-14(20-16)15(21)19-11-13-6-4-5-12(2)10-13/h3-7,9-10H,1,8,11H2,2H3,(H,19,21)(H,17,18,20). The third-order valence-corrected chi connectivity index (χ3v) is 2.83. The molecule has 0 saturated carbocycles. The smallest absolute Gasteiger partial charge is 0.270 e. The summed E-state index contributed by atoms with van der Waals surface area (Å²) in [5.41, 5.74) is 2.56. The first-order valence-corrected chi connectivity index (χ1v) is 6.70. The van der Waals surface area contributed by atoms with Crippen LogP contribution in [0.1, 0.15) is 21.6 Å². The van der Waals surface area contributed by atoms with Crippen molar-refractivity contribution in [3.8, 4) is 0 Å². The molecule has 1 aromatic carbocycles. The summed E-state index contributed by atoms with van der Waals surface area (Å²) in [5, 5.41) is 5.80. The van der Waals surface area contributed by atoms with Crippen LogP contribution in [0.2, 0.25) is 0 Å². The number of nitrogens with one attached hydrogen (secondary N) is 2. The quantitative estimate of drug-likeness (QED) is 0.798. The zero-order chi connectivity index (χ0) is 15.1. The lowest BCUT2D eigenvalue weighted by atomic mass is 10.1. The lowest BCUT2D eigenvalue weighted by Crippen LogP contribution is -2.24. The molecule has 108 valence electrons. The Morgan fingerprint density at radius 1 is 1.38 bits per heavy atom. The Balaban J connectivity index is 1.98. The topological polar surface area (TPSA) is 66.9 Å². The van der Waals surface area contributed by atoms with E-state index < -0.39 is 0 Å². The zero-order valence-electron chi connectivity index (χ0n) is 12.0. The number of hydrogen-bond donors (Lipinski definition) is 2. The molecule has 2 aromatic rings. The monoisotopic (exact) mass is 282 g/mol. The van der Waals surface area contributed by atoms with Crippen LogP contribution in [-0.2, 0) is 6.54 Å². The number of carbonyl (C=O) groups excluding carboxylic acids is 1. The molecular weight excluding hydrogens is 264 g/mol. The molecule has 1 heterocycles. The molecule has 0 saturated heterocycles. The van der Waals surface area contributed by atoms with Gasteiger partial charge in [-0.1, -0.05) is 35.9 Å². The van der Waals surface area contributed by atoms with Gasteiger partial charge in [0.2, 0.25) is 5.95 Å². The fraction of sp³-hybridized carbons (Fsp3) is 0.188. The first kappa shape index (κ1) is 14.7. The Bertz CT molecular complexity index is 640. The summed E-state index contributed by atoms with van der Waals surface area (Å²) in [6.45, 7) is 6.65. The van der Waals surface area contributed by atoms with Gasteiger partial charge in [-0.25, -0.2) is 9.97 Å². The molecule has 1 aromatic heterocycles. The van der Waals surface area contributed by atoms with Crippen LogP contribution in [0.3, 0.4) is 0 Å². The number of aromatic nitrogens is 2. The van der Waals surface area contributed by atoms with Crippen molar-refractivity contribution in [2.45, 2.75) is 13.5 Å². The van der Waals surface area contributed by atoms with Crippen molar-refractivity contribution in [3.05, 3.63) is 66.0 Å². The molecule has 1 amide bonds. The normalized spacial score (nSPS) is 9.95. The summed E-state index contributed by atoms with van der Waals surface area (Å²) < 4.78 is 0. The van der Waals surface area contributed by atoms with E-state index in [9.17, 15) is 4.79 Å². The summed E-state index contributed by atoms with van der Waals surface area (Å²) in [6.07, 6.45) is 3.26. The molecule has 0 fully saturated rings. The summed E-state index contributed by atoms with van der Waals surface area (Å²) in [4.78, 5) is 20.3. The van der Waals surface area contributed by atoms with Gasteiger partial charge in [-0.15, -0.1) is 6.58 Å². The van der Waals surface area contributed by atoms with Crippen LogP contribution in [0.5, 0.6) is 0 Å². The van der Waals surface area contributed by atoms with Gasteiger partial charge in [-0.3, -0.25) is 4.79 Å². The molecule has 0 atom stereocenters. The van der Waals surface area contributed by atoms with E-state index in [4.69, 9.17) is 0 Å². The van der Waals surface area contributed by atoms with Crippen LogP contribution >= 0.6 is 0 Å². The highest BCUT2D eigenvalue weighted by Crippen LogP contribution is 2.05. The SMILES string of the molecule is C=CCNc1nccc(C(=O)NCc2cccc(C)c2)n1. The third-order valence-electron chi connectivity index (χ3n) is 2.83. The molecule has 0 spiro atoms. The van der Waals surface area contributed by atoms with Crippen LogP contribution in [0.15, 0.2) is 49.2 Å². The summed E-state index contributed by atoms with van der Waals surface area (Å²) in [6, 6.07) is 9.60. The Kier molecular flexibility index (Phi) is 5.04. The van der Waals surface area contributed by atoms with Gasteiger partial charge < -0.3 is 10.6 Å². The van der Waals surface area contributed by atoms with Crippen LogP contribution < -0.4 is 10.6 Å². The van der Waals surface area contributed by atoms with E-state index in [1.54, 1.807) is 18.3 Å². The van der Waals surface area contributed by atoms with Crippen LogP contribution in [0.4, 0.5) is 5.95 Å². The van der Waals surface area contributed by atoms with Gasteiger partial charge >= 0.3 is 0 Å². The lowest BCUT2D eigenvalue weighted by molar-refractivity contribution is 0.0946. The minimum atomic E-state index is -0.222. The highest BCUT2D eigenvalue weighted by atomic mass is 16.1. The predicted octanol–water partition coefficient (Wildman–Crippen LogP) is 2.31. The average molecular weight is 282 g/mol. The van der Waals surface area contributed by atoms with Crippen molar-refractivity contribution in [2.75, 3.05) is 11.9 Å². The third kappa shape index (κ3) is 4.42. The number of benzene rings is 1. The van der Waals surface area contributed by atoms with Crippen LogP contribution in [0, 0.1) is 6.92 Å². The summed E-state index contributed by atoms with van der Waals surface area (Å²) in [7, 11) is 0. The van der Waals surface area contributed by atoms with Gasteiger partial charge in [0.05, 0.1) is 0 Å². The van der Waals surface area contributed by atoms with Gasteiger partial charge in [0.25, 0.3) is 5.91 Å². The van der Waals surface area contributed by atoms with E-state index in [-0.39, 0.29) is 5.91 Å². The molecule has 0 unspecified atom stereocenters. The number of amides is 1. The minimum Gasteiger partial charge on any atom is -0.351 e. The fourth-order valence-corrected chi connectivity index (χ4v) is 1.83. The van der Waals surface area contributed by atoms with E-state index >= 15 is 0 Å². The Hall–Kier alpha value is -2.69. The Labute approximate surface area is 124 Å². The van der Waals surface area contributed by atoms with Gasteiger partial charge in [0.1, 0.15) is 5.69 Å². The molecule has 21 heavy (non-hydrogen) atoms. The van der Waals surface area contributed by atoms with Gasteiger partial charge in [0, 0.05) is 19.3 Å². The maximum Gasteiger partial charge on any atom is 0.270 e. The largest absolute Gasteiger partial charge is 0.351 e. The molecule has 0 bridgehead atoms. The van der Waals surface area contributed by atoms with Gasteiger partial charge in [-0.2, -0.15) is 0 Å². The number of anilines is 1. The molecule has 5 heteroatoms. The van der Waals surface area contributed by atoms with Crippen LogP contribution in [-0.4, -0.2) is 22.4 Å². The molecule has 0 aliphatic carbocycles. The van der Waals surface area contributed by atoms with E-state index in [1.807, 2.05) is 31.2 Å². The number of aryl methyl sites for hydroxylation is 1. The summed E-state index contributed by atoms with van der Waals surface area (Å²) >= 11 is 0. The first-order chi connectivity index (χ1) is 10.2. The molecule has 5 nitrogen and oxygen atoms in total. The number of hydrogen-bond acceptors (Lipinski definition) is 4. The molecule has 2 rings (SSSR count). The molecular formula is C16H18N4O. The van der Waals surface area contributed by atoms with Crippen molar-refractivity contribution in [3.63, 3.8) is 0 Å². The van der Waals surface area contributed by atoms with E-state index in [1.165, 1.54) is 5.56 Å². The fourth-order valence-electron chi connectivity index (χ4n) is 1.83. The van der Waals surface area contributed by atoms with E-state index in [0.717, 1.165) is 5.56 Å². The number of nitrogens with zero attached hydrogens (tertiary/aromatic N) is 2. The second-order valence-corrected chi connectivity index (χ2v) is 4.61. The van der Waals surface area contributed by atoms with E-state index in [2.05, 4.69) is 27.2 Å². The average Bonchev–Trinajstić information content (AvgIpc) is 2.51. The Morgan fingerprint density at radius 3 is 3.00 bits per heavy atom. The maximum absolute atomic E-state index is 12.1. The lowest BCUT2D eigenvalue weighted by Gasteiger charge is -2.07. The van der Waals surface area contributed by atoms with Crippen molar-refractivity contribution < 1.29 is 4.79 Å². The Morgan fingerprint density at radius 2 is 2.24 bits per heavy atom. The highest BCUT2D eigenvalue weighted by Gasteiger charge is 2.08. The number of carbonyl (C=O) groups is 1. The molecule has 2 N–H and O–H groups in total. The first-order valence-electron chi connectivity index (χ1n) is 6.70. The van der Waals surface area contributed by atoms with Crippen molar-refractivity contribution in [1.29, 1.82) is 0 Å². The predicted molar refractivity (Wildman–Crippen MR) is 83.1 cm³/mol. The maximum atomic E-state index is 12.1.